The molecule has 7 nitrogen and oxygen atoms in total. The van der Waals surface area contributed by atoms with E-state index in [0.717, 1.165) is 41.5 Å². The first-order valence-electron chi connectivity index (χ1n) is 10.0. The Labute approximate surface area is 165 Å². The SMILES string of the molecule is CCCC(=O)NCCn1ncc2c(N3CCCCC3)nc(SC(C)C)nc21. The quantitative estimate of drug-likeness (QED) is 0.551. The summed E-state index contributed by atoms with van der Waals surface area (Å²) in [6.45, 7) is 9.56. The highest BCUT2D eigenvalue weighted by Crippen LogP contribution is 2.30. The van der Waals surface area contributed by atoms with Gasteiger partial charge in [0.25, 0.3) is 0 Å². The Hall–Kier alpha value is -1.83. The number of piperidine rings is 1. The fourth-order valence-corrected chi connectivity index (χ4v) is 4.01. The van der Waals surface area contributed by atoms with E-state index < -0.39 is 0 Å². The molecule has 0 unspecified atom stereocenters. The molecule has 148 valence electrons. The van der Waals surface area contributed by atoms with E-state index >= 15 is 0 Å². The van der Waals surface area contributed by atoms with Crippen LogP contribution < -0.4 is 10.2 Å². The number of rotatable bonds is 8. The van der Waals surface area contributed by atoms with Crippen molar-refractivity contribution in [2.24, 2.45) is 0 Å². The van der Waals surface area contributed by atoms with Crippen molar-refractivity contribution in [1.29, 1.82) is 0 Å². The summed E-state index contributed by atoms with van der Waals surface area (Å²) in [4.78, 5) is 23.7. The zero-order valence-corrected chi connectivity index (χ0v) is 17.4. The molecule has 0 spiro atoms. The first-order valence-corrected chi connectivity index (χ1v) is 10.9. The molecule has 1 saturated heterocycles. The number of hydrogen-bond acceptors (Lipinski definition) is 6. The topological polar surface area (TPSA) is 75.9 Å². The second-order valence-electron chi connectivity index (χ2n) is 7.25. The average Bonchev–Trinajstić information content (AvgIpc) is 3.04. The van der Waals surface area contributed by atoms with Gasteiger partial charge in [-0.15, -0.1) is 0 Å². The monoisotopic (exact) mass is 390 g/mol. The zero-order valence-electron chi connectivity index (χ0n) is 16.6. The normalized spacial score (nSPS) is 14.9. The summed E-state index contributed by atoms with van der Waals surface area (Å²) in [6, 6.07) is 0. The average molecular weight is 391 g/mol. The van der Waals surface area contributed by atoms with Crippen molar-refractivity contribution < 1.29 is 4.79 Å². The van der Waals surface area contributed by atoms with Crippen LogP contribution in [-0.4, -0.2) is 50.5 Å². The summed E-state index contributed by atoms with van der Waals surface area (Å²) >= 11 is 1.68. The molecule has 0 aliphatic carbocycles. The van der Waals surface area contributed by atoms with Crippen LogP contribution in [-0.2, 0) is 11.3 Å². The van der Waals surface area contributed by atoms with Crippen LogP contribution in [0.15, 0.2) is 11.4 Å². The Kier molecular flexibility index (Phi) is 6.93. The van der Waals surface area contributed by atoms with Crippen LogP contribution in [0.4, 0.5) is 5.82 Å². The van der Waals surface area contributed by atoms with E-state index in [-0.39, 0.29) is 5.91 Å². The van der Waals surface area contributed by atoms with E-state index in [0.29, 0.717) is 24.8 Å². The molecule has 8 heteroatoms. The first-order chi connectivity index (χ1) is 13.1. The van der Waals surface area contributed by atoms with Crippen molar-refractivity contribution in [2.75, 3.05) is 24.5 Å². The molecule has 3 heterocycles. The Bertz CT molecular complexity index is 769. The first kappa shape index (κ1) is 19.9. The largest absolute Gasteiger partial charge is 0.356 e. The highest BCUT2D eigenvalue weighted by atomic mass is 32.2. The minimum Gasteiger partial charge on any atom is -0.356 e. The molecule has 1 fully saturated rings. The predicted octanol–water partition coefficient (Wildman–Crippen LogP) is 3.23. The highest BCUT2D eigenvalue weighted by molar-refractivity contribution is 7.99. The van der Waals surface area contributed by atoms with Crippen LogP contribution in [0.2, 0.25) is 0 Å². The number of nitrogens with one attached hydrogen (secondary N) is 1. The summed E-state index contributed by atoms with van der Waals surface area (Å²) in [5.41, 5.74) is 0.860. The number of amides is 1. The van der Waals surface area contributed by atoms with Crippen molar-refractivity contribution >= 4 is 34.5 Å². The van der Waals surface area contributed by atoms with Crippen LogP contribution in [0.5, 0.6) is 0 Å². The molecule has 1 aliphatic rings. The number of carbonyl (C=O) groups excluding carboxylic acids is 1. The van der Waals surface area contributed by atoms with Crippen LogP contribution in [0.25, 0.3) is 11.0 Å². The summed E-state index contributed by atoms with van der Waals surface area (Å²) in [6.07, 6.45) is 6.99. The fraction of sp³-hybridized carbons (Fsp3) is 0.684. The third-order valence-corrected chi connectivity index (χ3v) is 5.44. The van der Waals surface area contributed by atoms with Crippen molar-refractivity contribution in [3.63, 3.8) is 0 Å². The Morgan fingerprint density at radius 2 is 2.04 bits per heavy atom. The Morgan fingerprint density at radius 3 is 2.74 bits per heavy atom. The van der Waals surface area contributed by atoms with Crippen molar-refractivity contribution in [1.82, 2.24) is 25.1 Å². The second-order valence-corrected chi connectivity index (χ2v) is 8.79. The number of anilines is 1. The number of aromatic nitrogens is 4. The van der Waals surface area contributed by atoms with Gasteiger partial charge in [0.15, 0.2) is 10.8 Å². The maximum Gasteiger partial charge on any atom is 0.220 e. The van der Waals surface area contributed by atoms with Gasteiger partial charge in [-0.2, -0.15) is 5.10 Å². The molecular formula is C19H30N6OS. The van der Waals surface area contributed by atoms with Gasteiger partial charge in [0.1, 0.15) is 5.82 Å². The van der Waals surface area contributed by atoms with Crippen molar-refractivity contribution in [3.8, 4) is 0 Å². The standard InChI is InChI=1S/C19H30N6OS/c1-4-8-16(26)20-9-12-25-18-15(13-21-25)17(24-10-6-5-7-11-24)22-19(23-18)27-14(2)3/h13-14H,4-12H2,1-3H3,(H,20,26). The third kappa shape index (κ3) is 5.12. The summed E-state index contributed by atoms with van der Waals surface area (Å²) in [5, 5.41) is 9.72. The van der Waals surface area contributed by atoms with Crippen LogP contribution in [0.1, 0.15) is 52.9 Å². The van der Waals surface area contributed by atoms with Crippen LogP contribution in [0.3, 0.4) is 0 Å². The molecule has 0 bridgehead atoms. The van der Waals surface area contributed by atoms with E-state index in [2.05, 4.69) is 29.2 Å². The van der Waals surface area contributed by atoms with Gasteiger partial charge >= 0.3 is 0 Å². The Balaban J connectivity index is 1.85. The molecule has 0 aromatic carbocycles. The van der Waals surface area contributed by atoms with E-state index in [1.165, 1.54) is 19.3 Å². The van der Waals surface area contributed by atoms with Crippen LogP contribution >= 0.6 is 11.8 Å². The molecule has 0 saturated carbocycles. The number of nitrogens with zero attached hydrogens (tertiary/aromatic N) is 5. The maximum atomic E-state index is 11.7. The number of carbonyl (C=O) groups is 1. The van der Waals surface area contributed by atoms with Gasteiger partial charge in [0.2, 0.25) is 5.91 Å². The number of fused-ring (bicyclic) bond motifs is 1. The van der Waals surface area contributed by atoms with Gasteiger partial charge in [0.05, 0.1) is 18.1 Å². The van der Waals surface area contributed by atoms with Crippen LogP contribution in [0, 0.1) is 0 Å². The van der Waals surface area contributed by atoms with E-state index in [1.54, 1.807) is 11.8 Å². The smallest absolute Gasteiger partial charge is 0.220 e. The fourth-order valence-electron chi connectivity index (χ4n) is 3.31. The molecule has 1 amide bonds. The van der Waals surface area contributed by atoms with E-state index in [9.17, 15) is 4.79 Å². The predicted molar refractivity (Wildman–Crippen MR) is 110 cm³/mol. The Morgan fingerprint density at radius 1 is 1.26 bits per heavy atom. The van der Waals surface area contributed by atoms with Gasteiger partial charge in [0, 0.05) is 31.3 Å². The van der Waals surface area contributed by atoms with Gasteiger partial charge in [-0.25, -0.2) is 14.6 Å². The molecule has 3 rings (SSSR count). The molecule has 1 aliphatic heterocycles. The molecule has 0 atom stereocenters. The number of hydrogen-bond donors (Lipinski definition) is 1. The summed E-state index contributed by atoms with van der Waals surface area (Å²) in [5.74, 6) is 1.10. The number of thioether (sulfide) groups is 1. The molecule has 0 radical (unpaired) electrons. The third-order valence-electron chi connectivity index (χ3n) is 4.58. The molecule has 1 N–H and O–H groups in total. The van der Waals surface area contributed by atoms with Gasteiger partial charge < -0.3 is 10.2 Å². The van der Waals surface area contributed by atoms with Gasteiger partial charge in [-0.05, 0) is 25.7 Å². The van der Waals surface area contributed by atoms with Crippen molar-refractivity contribution in [3.05, 3.63) is 6.20 Å². The lowest BCUT2D eigenvalue weighted by atomic mass is 10.1. The lowest BCUT2D eigenvalue weighted by Crippen LogP contribution is -2.30. The zero-order chi connectivity index (χ0) is 19.2. The van der Waals surface area contributed by atoms with Gasteiger partial charge in [-0.1, -0.05) is 32.5 Å². The van der Waals surface area contributed by atoms with Crippen molar-refractivity contribution in [2.45, 2.75) is 69.8 Å². The second kappa shape index (κ2) is 9.39. The highest BCUT2D eigenvalue weighted by Gasteiger charge is 2.20. The molecular weight excluding hydrogens is 360 g/mol. The molecule has 27 heavy (non-hydrogen) atoms. The van der Waals surface area contributed by atoms with Gasteiger partial charge in [-0.3, -0.25) is 4.79 Å². The summed E-state index contributed by atoms with van der Waals surface area (Å²) < 4.78 is 1.89. The van der Waals surface area contributed by atoms with E-state index in [1.807, 2.05) is 17.8 Å². The lowest BCUT2D eigenvalue weighted by Gasteiger charge is -2.28. The summed E-state index contributed by atoms with van der Waals surface area (Å²) in [7, 11) is 0. The lowest BCUT2D eigenvalue weighted by molar-refractivity contribution is -0.121. The van der Waals surface area contributed by atoms with E-state index in [4.69, 9.17) is 9.97 Å². The minimum atomic E-state index is 0.0913. The molecule has 2 aromatic heterocycles. The minimum absolute atomic E-state index is 0.0913. The maximum absolute atomic E-state index is 11.7. The molecule has 2 aromatic rings.